The standard InChI is InChI=1S/C11H10N2O3.C8H17NO2/c1-2-9(15)11-12-10(13-16-11)7-3-5-8(14)6-4-7;1-5-6-9-7(10)11-8(2,3)4/h3-6,14H,2H2,1H3;5-6H2,1-4H3,(H,9,10). The summed E-state index contributed by atoms with van der Waals surface area (Å²) in [5, 5.41) is 15.4. The van der Waals surface area contributed by atoms with E-state index in [0.717, 1.165) is 6.42 Å². The lowest BCUT2D eigenvalue weighted by atomic mass is 10.2. The van der Waals surface area contributed by atoms with Crippen LogP contribution in [0.4, 0.5) is 4.79 Å². The first kappa shape index (κ1) is 22.1. The molecule has 0 unspecified atom stereocenters. The number of Topliss-reactive ketones (excluding diaryl/α,β-unsaturated/α-hetero) is 1. The summed E-state index contributed by atoms with van der Waals surface area (Å²) in [6.45, 7) is 9.94. The molecule has 1 aromatic carbocycles. The van der Waals surface area contributed by atoms with E-state index in [9.17, 15) is 9.59 Å². The number of alkyl carbamates (subject to hydrolysis) is 1. The second kappa shape index (κ2) is 10.3. The number of carbonyl (C=O) groups is 2. The molecular formula is C19H27N3O5. The molecule has 0 aliphatic carbocycles. The fraction of sp³-hybridized carbons (Fsp3) is 0.474. The molecule has 148 valence electrons. The van der Waals surface area contributed by atoms with Gasteiger partial charge in [0.15, 0.2) is 0 Å². The monoisotopic (exact) mass is 377 g/mol. The van der Waals surface area contributed by atoms with E-state index in [-0.39, 0.29) is 23.5 Å². The van der Waals surface area contributed by atoms with Crippen LogP contribution in [-0.4, -0.2) is 39.3 Å². The Bertz CT molecular complexity index is 733. The largest absolute Gasteiger partial charge is 0.508 e. The van der Waals surface area contributed by atoms with Crippen molar-refractivity contribution in [3.05, 3.63) is 30.2 Å². The molecule has 0 aliphatic heterocycles. The van der Waals surface area contributed by atoms with Gasteiger partial charge in [-0.1, -0.05) is 19.0 Å². The highest BCUT2D eigenvalue weighted by Crippen LogP contribution is 2.19. The number of phenols is 1. The van der Waals surface area contributed by atoms with Crippen molar-refractivity contribution < 1.29 is 24.0 Å². The third-order valence-electron chi connectivity index (χ3n) is 3.03. The van der Waals surface area contributed by atoms with Gasteiger partial charge in [0.2, 0.25) is 11.6 Å². The van der Waals surface area contributed by atoms with Gasteiger partial charge < -0.3 is 19.7 Å². The lowest BCUT2D eigenvalue weighted by molar-refractivity contribution is 0.0527. The van der Waals surface area contributed by atoms with Gasteiger partial charge in [-0.15, -0.1) is 0 Å². The quantitative estimate of drug-likeness (QED) is 0.758. The lowest BCUT2D eigenvalue weighted by Crippen LogP contribution is -2.32. The first-order valence-corrected chi connectivity index (χ1v) is 8.79. The minimum atomic E-state index is -0.391. The zero-order valence-electron chi connectivity index (χ0n) is 16.4. The van der Waals surface area contributed by atoms with Gasteiger partial charge in [0.1, 0.15) is 11.4 Å². The van der Waals surface area contributed by atoms with Crippen LogP contribution >= 0.6 is 0 Å². The Balaban J connectivity index is 0.000000293. The summed E-state index contributed by atoms with van der Waals surface area (Å²) in [6.07, 6.45) is 0.926. The summed E-state index contributed by atoms with van der Waals surface area (Å²) in [5.41, 5.74) is 0.300. The van der Waals surface area contributed by atoms with Gasteiger partial charge in [-0.25, -0.2) is 4.79 Å². The fourth-order valence-electron chi connectivity index (χ4n) is 1.76. The second-order valence-corrected chi connectivity index (χ2v) is 6.68. The average Bonchev–Trinajstić information content (AvgIpc) is 3.09. The van der Waals surface area contributed by atoms with Crippen LogP contribution in [0.3, 0.4) is 0 Å². The lowest BCUT2D eigenvalue weighted by Gasteiger charge is -2.19. The number of ketones is 1. The van der Waals surface area contributed by atoms with E-state index in [1.54, 1.807) is 19.1 Å². The number of benzene rings is 1. The molecule has 0 saturated heterocycles. The highest BCUT2D eigenvalue weighted by atomic mass is 16.6. The minimum absolute atomic E-state index is 0.0191. The number of phenolic OH excluding ortho intramolecular Hbond substituents is 1. The average molecular weight is 377 g/mol. The molecule has 1 heterocycles. The molecule has 1 aromatic heterocycles. The molecule has 2 rings (SSSR count). The number of aromatic hydroxyl groups is 1. The normalized spacial score (nSPS) is 10.6. The molecular weight excluding hydrogens is 350 g/mol. The Morgan fingerprint density at radius 3 is 2.33 bits per heavy atom. The number of hydrogen-bond donors (Lipinski definition) is 2. The summed E-state index contributed by atoms with van der Waals surface area (Å²) in [4.78, 5) is 26.1. The number of amides is 1. The summed E-state index contributed by atoms with van der Waals surface area (Å²) < 4.78 is 9.82. The first-order chi connectivity index (χ1) is 12.7. The highest BCUT2D eigenvalue weighted by Gasteiger charge is 2.15. The molecule has 0 radical (unpaired) electrons. The van der Waals surface area contributed by atoms with E-state index < -0.39 is 5.60 Å². The van der Waals surface area contributed by atoms with Gasteiger partial charge in [0.05, 0.1) is 0 Å². The van der Waals surface area contributed by atoms with E-state index in [1.807, 2.05) is 27.7 Å². The summed E-state index contributed by atoms with van der Waals surface area (Å²) >= 11 is 0. The molecule has 1 amide bonds. The zero-order chi connectivity index (χ0) is 20.4. The van der Waals surface area contributed by atoms with Crippen molar-refractivity contribution >= 4 is 11.9 Å². The van der Waals surface area contributed by atoms with Crippen LogP contribution in [0.1, 0.15) is 58.1 Å². The number of ether oxygens (including phenoxy) is 1. The van der Waals surface area contributed by atoms with Crippen LogP contribution in [0.2, 0.25) is 0 Å². The van der Waals surface area contributed by atoms with E-state index in [4.69, 9.17) is 14.4 Å². The summed E-state index contributed by atoms with van der Waals surface area (Å²) in [5.74, 6) is 0.344. The molecule has 8 nitrogen and oxygen atoms in total. The van der Waals surface area contributed by atoms with Crippen molar-refractivity contribution in [1.29, 1.82) is 0 Å². The van der Waals surface area contributed by atoms with Crippen LogP contribution in [0.15, 0.2) is 28.8 Å². The van der Waals surface area contributed by atoms with Crippen molar-refractivity contribution in [3.8, 4) is 17.1 Å². The molecule has 0 aliphatic rings. The number of nitrogens with zero attached hydrogens (tertiary/aromatic N) is 2. The zero-order valence-corrected chi connectivity index (χ0v) is 16.4. The molecule has 0 spiro atoms. The van der Waals surface area contributed by atoms with Crippen molar-refractivity contribution in [3.63, 3.8) is 0 Å². The van der Waals surface area contributed by atoms with Crippen molar-refractivity contribution in [2.75, 3.05) is 6.54 Å². The number of aromatic nitrogens is 2. The fourth-order valence-corrected chi connectivity index (χ4v) is 1.76. The second-order valence-electron chi connectivity index (χ2n) is 6.68. The predicted octanol–water partition coefficient (Wildman–Crippen LogP) is 3.96. The predicted molar refractivity (Wildman–Crippen MR) is 101 cm³/mol. The van der Waals surface area contributed by atoms with Crippen LogP contribution in [0.5, 0.6) is 5.75 Å². The Hall–Kier alpha value is -2.90. The van der Waals surface area contributed by atoms with Gasteiger partial charge >= 0.3 is 6.09 Å². The number of hydrogen-bond acceptors (Lipinski definition) is 7. The van der Waals surface area contributed by atoms with Crippen molar-refractivity contribution in [1.82, 2.24) is 15.5 Å². The van der Waals surface area contributed by atoms with Crippen LogP contribution in [-0.2, 0) is 4.74 Å². The van der Waals surface area contributed by atoms with Gasteiger partial charge in [-0.05, 0) is 51.5 Å². The van der Waals surface area contributed by atoms with E-state index in [1.165, 1.54) is 12.1 Å². The van der Waals surface area contributed by atoms with Crippen molar-refractivity contribution in [2.45, 2.75) is 53.1 Å². The number of rotatable bonds is 5. The van der Waals surface area contributed by atoms with Crippen LogP contribution in [0, 0.1) is 0 Å². The molecule has 27 heavy (non-hydrogen) atoms. The maximum absolute atomic E-state index is 11.3. The van der Waals surface area contributed by atoms with Crippen molar-refractivity contribution in [2.24, 2.45) is 0 Å². The topological polar surface area (TPSA) is 115 Å². The third-order valence-corrected chi connectivity index (χ3v) is 3.03. The van der Waals surface area contributed by atoms with Gasteiger partial charge in [-0.3, -0.25) is 4.79 Å². The number of carbonyl (C=O) groups excluding carboxylic acids is 2. The van der Waals surface area contributed by atoms with E-state index in [0.29, 0.717) is 24.4 Å². The molecule has 0 bridgehead atoms. The summed E-state index contributed by atoms with van der Waals surface area (Å²) in [6, 6.07) is 6.35. The smallest absolute Gasteiger partial charge is 0.407 e. The first-order valence-electron chi connectivity index (χ1n) is 8.79. The van der Waals surface area contributed by atoms with Gasteiger partial charge in [0, 0.05) is 18.5 Å². The Kier molecular flexibility index (Phi) is 8.44. The van der Waals surface area contributed by atoms with Gasteiger partial charge in [-0.2, -0.15) is 4.98 Å². The Labute approximate surface area is 158 Å². The molecule has 0 atom stereocenters. The SMILES string of the molecule is CCC(=O)c1nc(-c2ccc(O)cc2)no1.CCCNC(=O)OC(C)(C)C. The Morgan fingerprint density at radius 2 is 1.81 bits per heavy atom. The molecule has 2 aromatic rings. The van der Waals surface area contributed by atoms with E-state index >= 15 is 0 Å². The maximum atomic E-state index is 11.3. The minimum Gasteiger partial charge on any atom is -0.508 e. The third kappa shape index (κ3) is 8.35. The number of nitrogens with one attached hydrogen (secondary N) is 1. The molecule has 8 heteroatoms. The van der Waals surface area contributed by atoms with Gasteiger partial charge in [0.25, 0.3) is 5.89 Å². The van der Waals surface area contributed by atoms with Crippen LogP contribution in [0.25, 0.3) is 11.4 Å². The molecule has 2 N–H and O–H groups in total. The highest BCUT2D eigenvalue weighted by molar-refractivity contribution is 5.91. The molecule has 0 fully saturated rings. The maximum Gasteiger partial charge on any atom is 0.407 e. The van der Waals surface area contributed by atoms with E-state index in [2.05, 4.69) is 15.5 Å². The molecule has 0 saturated carbocycles. The Morgan fingerprint density at radius 1 is 1.19 bits per heavy atom. The van der Waals surface area contributed by atoms with Crippen LogP contribution < -0.4 is 5.32 Å². The summed E-state index contributed by atoms with van der Waals surface area (Å²) in [7, 11) is 0.